The zero-order valence-electron chi connectivity index (χ0n) is 11.4. The van der Waals surface area contributed by atoms with Crippen molar-refractivity contribution in [3.63, 3.8) is 0 Å². The van der Waals surface area contributed by atoms with Gasteiger partial charge in [0.15, 0.2) is 11.4 Å². The molecule has 1 atom stereocenters. The van der Waals surface area contributed by atoms with Crippen LogP contribution in [0.4, 0.5) is 0 Å². The molecule has 3 N–H and O–H groups in total. The molecule has 2 rings (SSSR count). The first-order chi connectivity index (χ1) is 9.70. The Morgan fingerprint density at radius 2 is 2.05 bits per heavy atom. The van der Waals surface area contributed by atoms with Crippen molar-refractivity contribution in [3.05, 3.63) is 34.0 Å². The Bertz CT molecular complexity index is 719. The Kier molecular flexibility index (Phi) is 4.06. The fraction of sp³-hybridized carbons (Fsp3) is 0.286. The highest BCUT2D eigenvalue weighted by atomic mass is 79.9. The lowest BCUT2D eigenvalue weighted by Crippen LogP contribution is -2.46. The van der Waals surface area contributed by atoms with Crippen molar-refractivity contribution in [3.8, 4) is 0 Å². The first-order valence-electron chi connectivity index (χ1n) is 6.14. The van der Waals surface area contributed by atoms with E-state index >= 15 is 0 Å². The van der Waals surface area contributed by atoms with E-state index in [1.54, 1.807) is 6.07 Å². The molecule has 1 aromatic carbocycles. The van der Waals surface area contributed by atoms with E-state index in [1.807, 2.05) is 19.1 Å². The zero-order chi connectivity index (χ0) is 15.8. The van der Waals surface area contributed by atoms with Crippen molar-refractivity contribution in [2.24, 2.45) is 0 Å². The third-order valence-corrected chi connectivity index (χ3v) is 3.50. The minimum Gasteiger partial charge on any atom is -0.479 e. The highest BCUT2D eigenvalue weighted by molar-refractivity contribution is 9.10. The maximum absolute atomic E-state index is 12.0. The minimum absolute atomic E-state index is 0.0624. The molecule has 0 radical (unpaired) electrons. The van der Waals surface area contributed by atoms with Crippen LogP contribution in [0, 0.1) is 6.92 Å². The number of nitrogens with one attached hydrogen (secondary N) is 1. The number of aliphatic carboxylic acids is 1. The molecule has 21 heavy (non-hydrogen) atoms. The van der Waals surface area contributed by atoms with Crippen molar-refractivity contribution >= 4 is 38.8 Å². The normalized spacial score (nSPS) is 13.9. The summed E-state index contributed by atoms with van der Waals surface area (Å²) in [6.45, 7) is 2.55. The van der Waals surface area contributed by atoms with E-state index in [9.17, 15) is 14.7 Å². The number of carbonyl (C=O) groups excluding carboxylic acids is 1. The van der Waals surface area contributed by atoms with Gasteiger partial charge in [0.1, 0.15) is 5.58 Å². The average molecular weight is 356 g/mol. The van der Waals surface area contributed by atoms with Gasteiger partial charge >= 0.3 is 5.97 Å². The Morgan fingerprint density at radius 1 is 1.38 bits per heavy atom. The number of carboxylic acids is 1. The van der Waals surface area contributed by atoms with Crippen LogP contribution in [0.1, 0.15) is 23.0 Å². The number of carboxylic acid groups (broad SMARTS) is 1. The van der Waals surface area contributed by atoms with Gasteiger partial charge in [-0.2, -0.15) is 0 Å². The summed E-state index contributed by atoms with van der Waals surface area (Å²) in [6.07, 6.45) is 0. The molecule has 0 aliphatic rings. The molecular formula is C14H14BrNO5. The molecular weight excluding hydrogens is 342 g/mol. The molecule has 0 aliphatic carbocycles. The van der Waals surface area contributed by atoms with E-state index in [0.29, 0.717) is 5.58 Å². The fourth-order valence-electron chi connectivity index (χ4n) is 1.81. The van der Waals surface area contributed by atoms with Gasteiger partial charge in [0.2, 0.25) is 0 Å². The summed E-state index contributed by atoms with van der Waals surface area (Å²) in [6, 6.07) is 5.25. The number of aliphatic hydroxyl groups is 1. The summed E-state index contributed by atoms with van der Waals surface area (Å²) < 4.78 is 6.35. The second kappa shape index (κ2) is 5.50. The summed E-state index contributed by atoms with van der Waals surface area (Å²) in [5.74, 6) is -1.93. The molecule has 112 valence electrons. The Hall–Kier alpha value is -1.86. The van der Waals surface area contributed by atoms with Gasteiger partial charge in [-0.15, -0.1) is 0 Å². The lowest BCUT2D eigenvalue weighted by molar-refractivity contribution is -0.155. The quantitative estimate of drug-likeness (QED) is 0.779. The van der Waals surface area contributed by atoms with Crippen molar-refractivity contribution in [1.82, 2.24) is 5.32 Å². The molecule has 1 amide bonds. The second-order valence-corrected chi connectivity index (χ2v) is 5.93. The molecule has 0 saturated carbocycles. The smallest absolute Gasteiger partial charge is 0.337 e. The molecule has 1 aromatic heterocycles. The van der Waals surface area contributed by atoms with Crippen molar-refractivity contribution in [1.29, 1.82) is 0 Å². The molecule has 1 heterocycles. The zero-order valence-corrected chi connectivity index (χ0v) is 13.0. The first-order valence-corrected chi connectivity index (χ1v) is 6.93. The number of furan rings is 1. The number of amides is 1. The maximum Gasteiger partial charge on any atom is 0.337 e. The van der Waals surface area contributed by atoms with E-state index in [2.05, 4.69) is 21.2 Å². The Balaban J connectivity index is 2.21. The Labute approximate surface area is 128 Å². The number of hydrogen-bond acceptors (Lipinski definition) is 4. The summed E-state index contributed by atoms with van der Waals surface area (Å²) >= 11 is 3.36. The summed E-state index contributed by atoms with van der Waals surface area (Å²) in [4.78, 5) is 22.7. The van der Waals surface area contributed by atoms with Crippen LogP contribution in [0.3, 0.4) is 0 Å². The standard InChI is InChI=1S/C14H14BrNO5/c1-7-3-9(15)4-8-5-10(21-11(7)8)12(17)16-6-14(2,20)13(18)19/h3-5,20H,6H2,1-2H3,(H,16,17)(H,18,19). The predicted molar refractivity (Wildman–Crippen MR) is 79.2 cm³/mol. The van der Waals surface area contributed by atoms with Crippen LogP contribution in [0.15, 0.2) is 27.1 Å². The van der Waals surface area contributed by atoms with E-state index in [1.165, 1.54) is 0 Å². The lowest BCUT2D eigenvalue weighted by atomic mass is 10.1. The van der Waals surface area contributed by atoms with E-state index in [-0.39, 0.29) is 5.76 Å². The van der Waals surface area contributed by atoms with E-state index in [0.717, 1.165) is 22.3 Å². The van der Waals surface area contributed by atoms with Crippen LogP contribution < -0.4 is 5.32 Å². The van der Waals surface area contributed by atoms with Crippen molar-refractivity contribution < 1.29 is 24.2 Å². The van der Waals surface area contributed by atoms with Crippen molar-refractivity contribution in [2.75, 3.05) is 6.54 Å². The topological polar surface area (TPSA) is 99.8 Å². The van der Waals surface area contributed by atoms with Gasteiger partial charge < -0.3 is 19.9 Å². The van der Waals surface area contributed by atoms with Gasteiger partial charge in [-0.3, -0.25) is 4.79 Å². The lowest BCUT2D eigenvalue weighted by Gasteiger charge is -2.17. The molecule has 6 nitrogen and oxygen atoms in total. The number of fused-ring (bicyclic) bond motifs is 1. The monoisotopic (exact) mass is 355 g/mol. The molecule has 0 fully saturated rings. The molecule has 7 heteroatoms. The van der Waals surface area contributed by atoms with Crippen LogP contribution in [0.25, 0.3) is 11.0 Å². The highest BCUT2D eigenvalue weighted by Gasteiger charge is 2.30. The van der Waals surface area contributed by atoms with Gasteiger partial charge in [0.05, 0.1) is 6.54 Å². The third-order valence-electron chi connectivity index (χ3n) is 3.04. The maximum atomic E-state index is 12.0. The van der Waals surface area contributed by atoms with Gasteiger partial charge in [-0.05, 0) is 37.6 Å². The predicted octanol–water partition coefficient (Wildman–Crippen LogP) is 2.07. The minimum atomic E-state index is -2.03. The number of carbonyl (C=O) groups is 2. The van der Waals surface area contributed by atoms with Crippen LogP contribution in [0.2, 0.25) is 0 Å². The van der Waals surface area contributed by atoms with Crippen LogP contribution >= 0.6 is 15.9 Å². The van der Waals surface area contributed by atoms with E-state index in [4.69, 9.17) is 9.52 Å². The molecule has 0 aliphatic heterocycles. The number of rotatable bonds is 4. The first kappa shape index (κ1) is 15.5. The molecule has 0 spiro atoms. The summed E-state index contributed by atoms with van der Waals surface area (Å²) in [5, 5.41) is 21.4. The second-order valence-electron chi connectivity index (χ2n) is 5.01. The summed E-state index contributed by atoms with van der Waals surface area (Å²) in [7, 11) is 0. The SMILES string of the molecule is Cc1cc(Br)cc2cc(C(=O)NCC(C)(O)C(=O)O)oc12. The van der Waals surface area contributed by atoms with Crippen LogP contribution in [-0.4, -0.2) is 34.2 Å². The molecule has 0 saturated heterocycles. The largest absolute Gasteiger partial charge is 0.479 e. The van der Waals surface area contributed by atoms with Gasteiger partial charge in [0.25, 0.3) is 5.91 Å². The van der Waals surface area contributed by atoms with Crippen molar-refractivity contribution in [2.45, 2.75) is 19.4 Å². The molecule has 2 aromatic rings. The van der Waals surface area contributed by atoms with Gasteiger partial charge in [-0.1, -0.05) is 15.9 Å². The van der Waals surface area contributed by atoms with E-state index < -0.39 is 24.0 Å². The number of hydrogen-bond donors (Lipinski definition) is 3. The van der Waals surface area contributed by atoms with Gasteiger partial charge in [0, 0.05) is 9.86 Å². The third kappa shape index (κ3) is 3.25. The van der Waals surface area contributed by atoms with Gasteiger partial charge in [-0.25, -0.2) is 4.79 Å². The number of benzene rings is 1. The summed E-state index contributed by atoms with van der Waals surface area (Å²) in [5.41, 5.74) is -0.565. The fourth-order valence-corrected chi connectivity index (χ4v) is 2.40. The molecule has 1 unspecified atom stereocenters. The number of halogens is 1. The average Bonchev–Trinajstić information content (AvgIpc) is 2.80. The van der Waals surface area contributed by atoms with Crippen LogP contribution in [0.5, 0.6) is 0 Å². The Morgan fingerprint density at radius 3 is 2.67 bits per heavy atom. The molecule has 0 bridgehead atoms. The highest BCUT2D eigenvalue weighted by Crippen LogP contribution is 2.27. The number of aryl methyl sites for hydroxylation is 1. The van der Waals surface area contributed by atoms with Crippen LogP contribution in [-0.2, 0) is 4.79 Å².